The first-order valence-corrected chi connectivity index (χ1v) is 9.32. The van der Waals surface area contributed by atoms with Crippen LogP contribution in [0, 0.1) is 0 Å². The largest absolute Gasteiger partial charge is 0.399 e. The molecule has 10 N–H and O–H groups in total. The number of hydrogen-bond acceptors (Lipinski definition) is 6. The van der Waals surface area contributed by atoms with Gasteiger partial charge in [-0.05, 0) is 51.6 Å². The molecule has 28 heavy (non-hydrogen) atoms. The summed E-state index contributed by atoms with van der Waals surface area (Å²) >= 11 is 0. The molecule has 0 aromatic heterocycles. The lowest BCUT2D eigenvalue weighted by Gasteiger charge is -2.16. The van der Waals surface area contributed by atoms with Gasteiger partial charge in [0, 0.05) is 37.6 Å². The van der Waals surface area contributed by atoms with E-state index in [1.807, 2.05) is 48.5 Å². The van der Waals surface area contributed by atoms with Gasteiger partial charge in [0.05, 0.1) is 0 Å². The molecule has 146 valence electrons. The minimum atomic E-state index is 0.429. The average molecular weight is 377 g/mol. The molecule has 0 amide bonds. The van der Waals surface area contributed by atoms with Crippen LogP contribution in [0.1, 0.15) is 22.3 Å². The smallest absolute Gasteiger partial charge is 0.0365 e. The van der Waals surface area contributed by atoms with Crippen molar-refractivity contribution in [2.45, 2.75) is 26.2 Å². The second-order valence-electron chi connectivity index (χ2n) is 6.72. The van der Waals surface area contributed by atoms with Crippen molar-refractivity contribution < 1.29 is 0 Å². The van der Waals surface area contributed by atoms with Gasteiger partial charge in [-0.2, -0.15) is 0 Å². The summed E-state index contributed by atoms with van der Waals surface area (Å²) in [6.45, 7) is 2.21. The van der Waals surface area contributed by atoms with Gasteiger partial charge in [-0.1, -0.05) is 42.5 Å². The van der Waals surface area contributed by atoms with E-state index in [9.17, 15) is 0 Å². The molecule has 0 aliphatic heterocycles. The summed E-state index contributed by atoms with van der Waals surface area (Å²) in [5.74, 6) is 0. The molecule has 3 rings (SSSR count). The van der Waals surface area contributed by atoms with Gasteiger partial charge in [0.2, 0.25) is 0 Å². The maximum Gasteiger partial charge on any atom is 0.0365 e. The zero-order valence-corrected chi connectivity index (χ0v) is 15.9. The highest BCUT2D eigenvalue weighted by molar-refractivity contribution is 5.73. The molecule has 0 saturated heterocycles. The van der Waals surface area contributed by atoms with Crippen molar-refractivity contribution in [3.05, 3.63) is 82.9 Å². The quantitative estimate of drug-likeness (QED) is 0.203. The second kappa shape index (κ2) is 9.34. The Balaban J connectivity index is 1.72. The van der Waals surface area contributed by atoms with E-state index in [-0.39, 0.29) is 0 Å². The third kappa shape index (κ3) is 4.68. The Kier molecular flexibility index (Phi) is 6.62. The number of nitrogen functional groups attached to an aromatic ring is 2. The van der Waals surface area contributed by atoms with Crippen LogP contribution in [0.2, 0.25) is 0 Å². The molecule has 6 heteroatoms. The van der Waals surface area contributed by atoms with Crippen LogP contribution >= 0.6 is 0 Å². The van der Waals surface area contributed by atoms with Crippen molar-refractivity contribution in [3.8, 4) is 11.1 Å². The summed E-state index contributed by atoms with van der Waals surface area (Å²) in [6.07, 6.45) is 0. The molecule has 0 aliphatic carbocycles. The van der Waals surface area contributed by atoms with Crippen molar-refractivity contribution in [1.29, 1.82) is 0 Å². The highest BCUT2D eigenvalue weighted by Gasteiger charge is 2.10. The van der Waals surface area contributed by atoms with E-state index in [0.29, 0.717) is 31.9 Å². The van der Waals surface area contributed by atoms with E-state index in [0.717, 1.165) is 39.1 Å². The van der Waals surface area contributed by atoms with Crippen LogP contribution < -0.4 is 33.8 Å². The molecular weight excluding hydrogens is 348 g/mol. The molecule has 6 nitrogen and oxygen atoms in total. The maximum atomic E-state index is 6.12. The molecule has 0 unspecified atom stereocenters. The Morgan fingerprint density at radius 3 is 2.21 bits per heavy atom. The van der Waals surface area contributed by atoms with Crippen LogP contribution in [-0.4, -0.2) is 0 Å². The number of anilines is 2. The molecule has 0 saturated carbocycles. The van der Waals surface area contributed by atoms with Gasteiger partial charge in [-0.15, -0.1) is 0 Å². The summed E-state index contributed by atoms with van der Waals surface area (Å²) in [7, 11) is 0. The molecule has 0 fully saturated rings. The summed E-state index contributed by atoms with van der Waals surface area (Å²) in [6, 6.07) is 20.0. The van der Waals surface area contributed by atoms with Crippen LogP contribution in [0.4, 0.5) is 11.4 Å². The second-order valence-corrected chi connectivity index (χ2v) is 6.72. The molecular formula is C22H28N6. The van der Waals surface area contributed by atoms with E-state index in [1.165, 1.54) is 0 Å². The zero-order chi connectivity index (χ0) is 19.9. The monoisotopic (exact) mass is 376 g/mol. The van der Waals surface area contributed by atoms with Crippen LogP contribution in [-0.2, 0) is 26.2 Å². The topological polar surface area (TPSA) is 128 Å². The first-order valence-electron chi connectivity index (χ1n) is 9.32. The van der Waals surface area contributed by atoms with Gasteiger partial charge in [0.1, 0.15) is 0 Å². The number of nitrogens with one attached hydrogen (secondary N) is 2. The van der Waals surface area contributed by atoms with E-state index in [1.54, 1.807) is 0 Å². The molecule has 3 aromatic carbocycles. The third-order valence-electron chi connectivity index (χ3n) is 4.80. The molecule has 0 atom stereocenters. The van der Waals surface area contributed by atoms with Crippen LogP contribution in [0.15, 0.2) is 60.7 Å². The highest BCUT2D eigenvalue weighted by Crippen LogP contribution is 2.29. The van der Waals surface area contributed by atoms with Crippen molar-refractivity contribution in [2.24, 2.45) is 11.5 Å². The Labute approximate surface area is 165 Å². The number of hydrogen-bond donors (Lipinski definition) is 6. The lowest BCUT2D eigenvalue weighted by molar-refractivity contribution is 0.528. The van der Waals surface area contributed by atoms with Crippen LogP contribution in [0.25, 0.3) is 11.1 Å². The van der Waals surface area contributed by atoms with Crippen molar-refractivity contribution in [3.63, 3.8) is 0 Å². The number of rotatable bonds is 8. The summed E-state index contributed by atoms with van der Waals surface area (Å²) in [5, 5.41) is 0. The third-order valence-corrected chi connectivity index (χ3v) is 4.80. The normalized spacial score (nSPS) is 10.9. The van der Waals surface area contributed by atoms with E-state index in [2.05, 4.69) is 23.0 Å². The van der Waals surface area contributed by atoms with E-state index in [4.69, 9.17) is 22.9 Å². The fourth-order valence-corrected chi connectivity index (χ4v) is 3.29. The summed E-state index contributed by atoms with van der Waals surface area (Å²) in [5.41, 5.74) is 38.1. The number of hydrazine groups is 1. The Morgan fingerprint density at radius 1 is 0.714 bits per heavy atom. The SMILES string of the molecule is NCc1ccc(-c2cccc(CNNCc3cccc(N)c3)c2CN)cc1N. The Morgan fingerprint density at radius 2 is 1.50 bits per heavy atom. The molecule has 0 radical (unpaired) electrons. The first kappa shape index (κ1) is 19.9. The fraction of sp³-hybridized carbons (Fsp3) is 0.182. The Bertz CT molecular complexity index is 938. The standard InChI is InChI=1S/C22H28N6/c23-11-17-8-7-16(10-22(17)26)20-6-2-4-18(21(20)12-24)14-28-27-13-15-3-1-5-19(25)9-15/h1-10,27-28H,11-14,23-26H2. The first-order chi connectivity index (χ1) is 13.6. The Hall–Kier alpha value is -2.90. The van der Waals surface area contributed by atoms with Gasteiger partial charge >= 0.3 is 0 Å². The van der Waals surface area contributed by atoms with Gasteiger partial charge in [0.25, 0.3) is 0 Å². The van der Waals surface area contributed by atoms with Gasteiger partial charge < -0.3 is 22.9 Å². The van der Waals surface area contributed by atoms with E-state index < -0.39 is 0 Å². The van der Waals surface area contributed by atoms with Gasteiger partial charge in [0.15, 0.2) is 0 Å². The number of nitrogens with two attached hydrogens (primary N) is 4. The highest BCUT2D eigenvalue weighted by atomic mass is 15.3. The summed E-state index contributed by atoms with van der Waals surface area (Å²) < 4.78 is 0. The lowest BCUT2D eigenvalue weighted by Crippen LogP contribution is -2.31. The van der Waals surface area contributed by atoms with Gasteiger partial charge in [-0.3, -0.25) is 10.9 Å². The average Bonchev–Trinajstić information content (AvgIpc) is 2.71. The summed E-state index contributed by atoms with van der Waals surface area (Å²) in [4.78, 5) is 0. The van der Waals surface area contributed by atoms with Crippen molar-refractivity contribution in [2.75, 3.05) is 11.5 Å². The number of benzene rings is 3. The minimum absolute atomic E-state index is 0.429. The minimum Gasteiger partial charge on any atom is -0.399 e. The molecule has 0 aliphatic rings. The molecule has 0 heterocycles. The van der Waals surface area contributed by atoms with E-state index >= 15 is 0 Å². The van der Waals surface area contributed by atoms with Crippen molar-refractivity contribution in [1.82, 2.24) is 10.9 Å². The molecule has 0 bridgehead atoms. The van der Waals surface area contributed by atoms with Crippen LogP contribution in [0.3, 0.4) is 0 Å². The zero-order valence-electron chi connectivity index (χ0n) is 15.9. The lowest BCUT2D eigenvalue weighted by atomic mass is 9.94. The van der Waals surface area contributed by atoms with Crippen LogP contribution in [0.5, 0.6) is 0 Å². The molecule has 3 aromatic rings. The predicted molar refractivity (Wildman–Crippen MR) is 117 cm³/mol. The predicted octanol–water partition coefficient (Wildman–Crippen LogP) is 2.23. The van der Waals surface area contributed by atoms with Gasteiger partial charge in [-0.25, -0.2) is 0 Å². The van der Waals surface area contributed by atoms with Crippen molar-refractivity contribution >= 4 is 11.4 Å². The fourth-order valence-electron chi connectivity index (χ4n) is 3.29. The maximum absolute atomic E-state index is 6.12. The molecule has 0 spiro atoms.